The van der Waals surface area contributed by atoms with Crippen LogP contribution < -0.4 is 9.47 Å². The van der Waals surface area contributed by atoms with E-state index in [1.165, 1.54) is 12.1 Å². The monoisotopic (exact) mass is 1130 g/mol. The van der Waals surface area contributed by atoms with Gasteiger partial charge in [0.15, 0.2) is 11.6 Å². The van der Waals surface area contributed by atoms with Gasteiger partial charge in [0.25, 0.3) is 0 Å². The van der Waals surface area contributed by atoms with Crippen molar-refractivity contribution in [2.75, 3.05) is 14.2 Å². The zero-order chi connectivity index (χ0) is 56.0. The highest BCUT2D eigenvalue weighted by molar-refractivity contribution is 6.32. The molecule has 0 fully saturated rings. The van der Waals surface area contributed by atoms with Gasteiger partial charge in [-0.25, -0.2) is 39.3 Å². The molecular formula is C56H46Cl2F6N14O2. The van der Waals surface area contributed by atoms with Crippen molar-refractivity contribution in [3.63, 3.8) is 0 Å². The Bertz CT molecular complexity index is 3640. The predicted octanol–water partition coefficient (Wildman–Crippen LogP) is 13.0. The minimum atomic E-state index is -4.45. The number of ether oxygens (including phenoxy) is 2. The third kappa shape index (κ3) is 10.8. The molecule has 0 spiro atoms. The molecule has 8 aromatic heterocycles. The fraction of sp³-hybridized carbons (Fsp3) is 0.250. The van der Waals surface area contributed by atoms with E-state index >= 15 is 0 Å². The van der Waals surface area contributed by atoms with Crippen LogP contribution >= 0.6 is 23.2 Å². The normalized spacial score (nSPS) is 15.2. The average molecular weight is 1130 g/mol. The number of aromatic nitrogens is 14. The summed E-state index contributed by atoms with van der Waals surface area (Å²) < 4.78 is 96.5. The molecule has 408 valence electrons. The number of methoxy groups -OCH3 is 2. The number of pyridine rings is 4. The summed E-state index contributed by atoms with van der Waals surface area (Å²) in [5.41, 5.74) is 6.59. The molecule has 24 heteroatoms. The number of alkyl halides is 6. The first-order chi connectivity index (χ1) is 38.4. The molecule has 10 heterocycles. The van der Waals surface area contributed by atoms with Crippen molar-refractivity contribution in [2.45, 2.75) is 76.8 Å². The van der Waals surface area contributed by atoms with Gasteiger partial charge in [0.2, 0.25) is 11.8 Å². The molecular weight excluding hydrogens is 1090 g/mol. The van der Waals surface area contributed by atoms with Crippen LogP contribution in [-0.2, 0) is 25.4 Å². The number of benzene rings is 2. The standard InChI is InChI=1S/2C28H23ClF3N7O/c2*1-16-14-38(15-34-16)24-10-9-23(35-27(24)40-2)25-36-26-19(4-3-11-39(26)37-25)20-12-17(5-7-21(20)29)22-8-6-18(13-33-22)28(30,31)32/h2*5-10,12-15,19H,3-4,11H2,1-2H3/t2*19-/m10/s1. The summed E-state index contributed by atoms with van der Waals surface area (Å²) in [5, 5.41) is 10.5. The summed E-state index contributed by atoms with van der Waals surface area (Å²) in [6, 6.07) is 23.0. The molecule has 0 radical (unpaired) electrons. The van der Waals surface area contributed by atoms with E-state index in [0.717, 1.165) is 95.7 Å². The fourth-order valence-corrected chi connectivity index (χ4v) is 10.3. The molecule has 0 amide bonds. The summed E-state index contributed by atoms with van der Waals surface area (Å²) in [6.07, 6.45) is 3.25. The molecule has 0 aliphatic carbocycles. The van der Waals surface area contributed by atoms with Crippen molar-refractivity contribution >= 4 is 23.2 Å². The molecule has 0 unspecified atom stereocenters. The first kappa shape index (κ1) is 53.5. The summed E-state index contributed by atoms with van der Waals surface area (Å²) in [5.74, 6) is 2.93. The lowest BCUT2D eigenvalue weighted by molar-refractivity contribution is -0.138. The quantitative estimate of drug-likeness (QED) is 0.119. The Balaban J connectivity index is 0.000000169. The van der Waals surface area contributed by atoms with Gasteiger partial charge in [-0.1, -0.05) is 35.3 Å². The minimum absolute atomic E-state index is 0.160. The van der Waals surface area contributed by atoms with Crippen molar-refractivity contribution in [2.24, 2.45) is 0 Å². The van der Waals surface area contributed by atoms with Crippen molar-refractivity contribution in [3.8, 4) is 68.7 Å². The smallest absolute Gasteiger partial charge is 0.417 e. The van der Waals surface area contributed by atoms with Gasteiger partial charge in [-0.05, 0) is 123 Å². The Morgan fingerprint density at radius 1 is 0.512 bits per heavy atom. The maximum Gasteiger partial charge on any atom is 0.417 e. The molecule has 16 nitrogen and oxygen atoms in total. The summed E-state index contributed by atoms with van der Waals surface area (Å²) in [7, 11) is 3.11. The van der Waals surface area contributed by atoms with Crippen LogP contribution in [0.3, 0.4) is 0 Å². The van der Waals surface area contributed by atoms with Crippen LogP contribution in [0.5, 0.6) is 11.8 Å². The summed E-state index contributed by atoms with van der Waals surface area (Å²) in [4.78, 5) is 35.7. The first-order valence-corrected chi connectivity index (χ1v) is 25.9. The number of aryl methyl sites for hydroxylation is 4. The van der Waals surface area contributed by atoms with Crippen molar-refractivity contribution < 1.29 is 35.8 Å². The average Bonchev–Trinajstić information content (AvgIpc) is 4.36. The molecule has 2 aliphatic heterocycles. The SMILES string of the molecule is COc1nc(-c2nc3n(n2)CCC[C@@H]3c2cc(-c3ccc(C(F)(F)F)cn3)ccc2Cl)ccc1-n1cnc(C)c1.COc1nc(-c2nc3n(n2)CCC[C@H]3c2cc(-c3ccc(C(F)(F)F)cn3)ccc2Cl)ccc1-n1cnc(C)c1. The Labute approximate surface area is 463 Å². The number of nitrogens with zero attached hydrogens (tertiary/aromatic N) is 14. The lowest BCUT2D eigenvalue weighted by atomic mass is 9.89. The molecule has 0 N–H and O–H groups in total. The lowest BCUT2D eigenvalue weighted by Gasteiger charge is -2.23. The van der Waals surface area contributed by atoms with E-state index in [-0.39, 0.29) is 11.8 Å². The predicted molar refractivity (Wildman–Crippen MR) is 285 cm³/mol. The van der Waals surface area contributed by atoms with Gasteiger partial charge in [0.1, 0.15) is 34.4 Å². The topological polar surface area (TPSA) is 167 Å². The number of fused-ring (bicyclic) bond motifs is 2. The minimum Gasteiger partial charge on any atom is -0.479 e. The second-order valence-corrected chi connectivity index (χ2v) is 19.9. The van der Waals surface area contributed by atoms with Gasteiger partial charge < -0.3 is 18.6 Å². The Hall–Kier alpha value is -8.50. The number of halogens is 8. The van der Waals surface area contributed by atoms with E-state index < -0.39 is 23.5 Å². The molecule has 10 aromatic rings. The van der Waals surface area contributed by atoms with Gasteiger partial charge in [0, 0.05) is 70.9 Å². The van der Waals surface area contributed by atoms with Crippen LogP contribution in [0, 0.1) is 13.8 Å². The Morgan fingerprint density at radius 3 is 1.27 bits per heavy atom. The van der Waals surface area contributed by atoms with Crippen LogP contribution in [0.4, 0.5) is 26.3 Å². The van der Waals surface area contributed by atoms with E-state index in [9.17, 15) is 26.3 Å². The van der Waals surface area contributed by atoms with Crippen molar-refractivity contribution in [1.29, 1.82) is 0 Å². The number of hydrogen-bond acceptors (Lipinski definition) is 12. The van der Waals surface area contributed by atoms with Crippen LogP contribution in [0.25, 0.3) is 56.9 Å². The van der Waals surface area contributed by atoms with E-state index in [2.05, 4.69) is 29.9 Å². The second kappa shape index (κ2) is 21.6. The first-order valence-electron chi connectivity index (χ1n) is 25.1. The van der Waals surface area contributed by atoms with Gasteiger partial charge in [0.05, 0.1) is 60.8 Å². The van der Waals surface area contributed by atoms with Crippen LogP contribution in [0.2, 0.25) is 10.0 Å². The third-order valence-corrected chi connectivity index (χ3v) is 14.5. The zero-order valence-corrected chi connectivity index (χ0v) is 44.6. The largest absolute Gasteiger partial charge is 0.479 e. The molecule has 2 aliphatic rings. The maximum absolute atomic E-state index is 13.0. The number of rotatable bonds is 10. The maximum atomic E-state index is 13.0. The van der Waals surface area contributed by atoms with E-state index in [4.69, 9.17) is 52.8 Å². The number of imidazole rings is 2. The van der Waals surface area contributed by atoms with Crippen LogP contribution in [0.1, 0.15) is 82.8 Å². The molecule has 80 heavy (non-hydrogen) atoms. The third-order valence-electron chi connectivity index (χ3n) is 13.8. The van der Waals surface area contributed by atoms with Gasteiger partial charge in [-0.15, -0.1) is 10.2 Å². The highest BCUT2D eigenvalue weighted by atomic mass is 35.5. The van der Waals surface area contributed by atoms with Gasteiger partial charge in [-0.2, -0.15) is 26.3 Å². The molecule has 2 aromatic carbocycles. The summed E-state index contributed by atoms with van der Waals surface area (Å²) >= 11 is 13.3. The van der Waals surface area contributed by atoms with Gasteiger partial charge in [-0.3, -0.25) is 9.97 Å². The highest BCUT2D eigenvalue weighted by Gasteiger charge is 2.34. The van der Waals surface area contributed by atoms with E-state index in [1.54, 1.807) is 51.1 Å². The molecule has 0 saturated heterocycles. The number of hydrogen-bond donors (Lipinski definition) is 0. The molecule has 0 bridgehead atoms. The van der Waals surface area contributed by atoms with Gasteiger partial charge >= 0.3 is 12.4 Å². The molecule has 2 atom stereocenters. The Kier molecular flexibility index (Phi) is 14.5. The van der Waals surface area contributed by atoms with Crippen LogP contribution in [-0.4, -0.2) is 82.8 Å². The van der Waals surface area contributed by atoms with Crippen molar-refractivity contribution in [1.82, 2.24) is 68.6 Å². The fourth-order valence-electron chi connectivity index (χ4n) is 9.83. The highest BCUT2D eigenvalue weighted by Crippen LogP contribution is 2.42. The van der Waals surface area contributed by atoms with E-state index in [1.807, 2.05) is 81.1 Å². The summed E-state index contributed by atoms with van der Waals surface area (Å²) in [6.45, 7) is 5.20. The van der Waals surface area contributed by atoms with Crippen molar-refractivity contribution in [3.05, 3.63) is 178 Å². The van der Waals surface area contributed by atoms with E-state index in [0.29, 0.717) is 80.4 Å². The Morgan fingerprint density at radius 2 is 0.925 bits per heavy atom. The molecule has 12 rings (SSSR count). The molecule has 0 saturated carbocycles. The van der Waals surface area contributed by atoms with Crippen LogP contribution in [0.15, 0.2) is 122 Å². The second-order valence-electron chi connectivity index (χ2n) is 19.0. The zero-order valence-electron chi connectivity index (χ0n) is 43.0. The lowest BCUT2D eigenvalue weighted by Crippen LogP contribution is -2.18.